The van der Waals surface area contributed by atoms with Crippen molar-refractivity contribution in [3.63, 3.8) is 0 Å². The number of carbonyl (C=O) groups excluding carboxylic acids is 2. The molecule has 2 atom stereocenters. The Kier molecular flexibility index (Phi) is 4.66. The maximum absolute atomic E-state index is 13.3. The maximum atomic E-state index is 13.3. The summed E-state index contributed by atoms with van der Waals surface area (Å²) in [5.74, 6) is -0.492. The van der Waals surface area contributed by atoms with E-state index in [0.717, 1.165) is 24.1 Å². The zero-order valence-corrected chi connectivity index (χ0v) is 15.2. The first-order valence-electron chi connectivity index (χ1n) is 9.33. The number of halogens is 1. The number of nitrogens with one attached hydrogen (secondary N) is 2. The van der Waals surface area contributed by atoms with Gasteiger partial charge in [0.05, 0.1) is 17.4 Å². The molecule has 5 nitrogen and oxygen atoms in total. The van der Waals surface area contributed by atoms with E-state index in [-0.39, 0.29) is 30.2 Å². The monoisotopic (exact) mass is 368 g/mol. The van der Waals surface area contributed by atoms with Crippen molar-refractivity contribution in [1.29, 1.82) is 0 Å². The molecule has 2 aliphatic rings. The Labute approximate surface area is 157 Å². The van der Waals surface area contributed by atoms with E-state index in [1.807, 2.05) is 25.1 Å². The average Bonchev–Trinajstić information content (AvgIpc) is 3.51. The lowest BCUT2D eigenvalue weighted by Crippen LogP contribution is -3.16. The lowest BCUT2D eigenvalue weighted by molar-refractivity contribution is -0.938. The molecule has 2 amide bonds. The zero-order chi connectivity index (χ0) is 19.0. The number of hydrogen-bond acceptors (Lipinski definition) is 2. The molecule has 140 valence electrons. The molecule has 0 bridgehead atoms. The molecule has 4 rings (SSSR count). The van der Waals surface area contributed by atoms with Crippen molar-refractivity contribution >= 4 is 23.2 Å². The molecule has 1 aliphatic carbocycles. The largest absolute Gasteiger partial charge is 0.323 e. The Hall–Kier alpha value is -2.73. The number of para-hydroxylation sites is 2. The van der Waals surface area contributed by atoms with E-state index in [9.17, 15) is 14.0 Å². The smallest absolute Gasteiger partial charge is 0.285 e. The van der Waals surface area contributed by atoms with E-state index in [2.05, 4.69) is 5.32 Å². The second-order valence-corrected chi connectivity index (χ2v) is 7.36. The van der Waals surface area contributed by atoms with Gasteiger partial charge in [0.25, 0.3) is 5.91 Å². The molecule has 0 radical (unpaired) electrons. The summed E-state index contributed by atoms with van der Waals surface area (Å²) < 4.78 is 13.2. The van der Waals surface area contributed by atoms with Gasteiger partial charge in [-0.1, -0.05) is 24.3 Å². The fraction of sp³-hybridized carbons (Fsp3) is 0.333. The topological polar surface area (TPSA) is 53.9 Å². The highest BCUT2D eigenvalue weighted by Gasteiger charge is 2.42. The number of amides is 2. The maximum Gasteiger partial charge on any atom is 0.285 e. The molecular weight excluding hydrogens is 345 g/mol. The van der Waals surface area contributed by atoms with Gasteiger partial charge in [0, 0.05) is 18.4 Å². The van der Waals surface area contributed by atoms with Gasteiger partial charge in [0.2, 0.25) is 5.91 Å². The third kappa shape index (κ3) is 3.71. The van der Waals surface area contributed by atoms with Crippen molar-refractivity contribution < 1.29 is 18.9 Å². The minimum atomic E-state index is -0.290. The molecule has 2 aromatic carbocycles. The van der Waals surface area contributed by atoms with Crippen LogP contribution in [0.5, 0.6) is 0 Å². The van der Waals surface area contributed by atoms with Crippen molar-refractivity contribution in [2.24, 2.45) is 0 Å². The number of benzene rings is 2. The van der Waals surface area contributed by atoms with E-state index >= 15 is 0 Å². The van der Waals surface area contributed by atoms with Gasteiger partial charge in [-0.15, -0.1) is 0 Å². The molecule has 1 saturated carbocycles. The van der Waals surface area contributed by atoms with Crippen LogP contribution in [0.1, 0.15) is 25.3 Å². The third-order valence-electron chi connectivity index (χ3n) is 5.39. The standard InChI is InChI=1S/C21H22FN3O2/c1-14(24(17-10-11-17)12-15-6-8-16(22)9-7-15)21(27)25-13-20(26)23-18-4-2-3-5-19(18)25/h2-9,14,17H,10-13H2,1H3,(H,23,26)/p+1/t14-/m1/s1. The minimum Gasteiger partial charge on any atom is -0.323 e. The summed E-state index contributed by atoms with van der Waals surface area (Å²) >= 11 is 0. The first-order valence-corrected chi connectivity index (χ1v) is 9.33. The van der Waals surface area contributed by atoms with Gasteiger partial charge in [0.15, 0.2) is 6.04 Å². The van der Waals surface area contributed by atoms with Crippen molar-refractivity contribution in [2.45, 2.75) is 38.4 Å². The fourth-order valence-electron chi connectivity index (χ4n) is 3.77. The summed E-state index contributed by atoms with van der Waals surface area (Å²) in [5.41, 5.74) is 2.42. The van der Waals surface area contributed by atoms with Crippen LogP contribution >= 0.6 is 0 Å². The van der Waals surface area contributed by atoms with E-state index in [1.54, 1.807) is 23.1 Å². The first kappa shape index (κ1) is 17.7. The number of nitrogens with zero attached hydrogens (tertiary/aromatic N) is 1. The number of hydrogen-bond donors (Lipinski definition) is 2. The van der Waals surface area contributed by atoms with Crippen molar-refractivity contribution in [2.75, 3.05) is 16.8 Å². The summed E-state index contributed by atoms with van der Waals surface area (Å²) in [4.78, 5) is 28.1. The van der Waals surface area contributed by atoms with Gasteiger partial charge in [-0.25, -0.2) is 4.39 Å². The highest BCUT2D eigenvalue weighted by atomic mass is 19.1. The van der Waals surface area contributed by atoms with Gasteiger partial charge in [-0.2, -0.15) is 0 Å². The Morgan fingerprint density at radius 2 is 1.93 bits per heavy atom. The molecule has 0 saturated heterocycles. The molecule has 0 spiro atoms. The SMILES string of the molecule is C[C@H](C(=O)N1CC(=O)Nc2ccccc21)[NH+](Cc1ccc(F)cc1)C1CC1. The van der Waals surface area contributed by atoms with E-state index in [1.165, 1.54) is 17.0 Å². The second-order valence-electron chi connectivity index (χ2n) is 7.36. The van der Waals surface area contributed by atoms with E-state index in [0.29, 0.717) is 18.3 Å². The van der Waals surface area contributed by atoms with Gasteiger partial charge >= 0.3 is 0 Å². The van der Waals surface area contributed by atoms with Crippen molar-refractivity contribution in [3.05, 3.63) is 59.9 Å². The van der Waals surface area contributed by atoms with Crippen molar-refractivity contribution in [3.8, 4) is 0 Å². The average molecular weight is 368 g/mol. The Morgan fingerprint density at radius 3 is 2.63 bits per heavy atom. The zero-order valence-electron chi connectivity index (χ0n) is 15.2. The van der Waals surface area contributed by atoms with Gasteiger partial charge in [0.1, 0.15) is 18.9 Å². The predicted octanol–water partition coefficient (Wildman–Crippen LogP) is 1.75. The van der Waals surface area contributed by atoms with Crippen LogP contribution in [-0.2, 0) is 16.1 Å². The summed E-state index contributed by atoms with van der Waals surface area (Å²) in [6, 6.07) is 14.0. The Bertz CT molecular complexity index is 864. The highest BCUT2D eigenvalue weighted by molar-refractivity contribution is 6.10. The lowest BCUT2D eigenvalue weighted by atomic mass is 10.1. The van der Waals surface area contributed by atoms with Crippen LogP contribution in [-0.4, -0.2) is 30.4 Å². The highest BCUT2D eigenvalue weighted by Crippen LogP contribution is 2.29. The number of rotatable bonds is 5. The molecule has 0 aromatic heterocycles. The molecule has 2 N–H and O–H groups in total. The van der Waals surface area contributed by atoms with Crippen LogP contribution in [0.15, 0.2) is 48.5 Å². The van der Waals surface area contributed by atoms with Crippen LogP contribution in [0.2, 0.25) is 0 Å². The van der Waals surface area contributed by atoms with Gasteiger partial charge < -0.3 is 10.2 Å². The van der Waals surface area contributed by atoms with Gasteiger partial charge in [-0.05, 0) is 31.2 Å². The quantitative estimate of drug-likeness (QED) is 0.845. The molecule has 1 aliphatic heterocycles. The Balaban J connectivity index is 1.56. The molecular formula is C21H23FN3O2+. The van der Waals surface area contributed by atoms with Gasteiger partial charge in [-0.3, -0.25) is 14.5 Å². The minimum absolute atomic E-state index is 0.0364. The molecule has 1 fully saturated rings. The van der Waals surface area contributed by atoms with Crippen LogP contribution < -0.4 is 15.1 Å². The number of anilines is 2. The first-order chi connectivity index (χ1) is 13.0. The predicted molar refractivity (Wildman–Crippen MR) is 101 cm³/mol. The lowest BCUT2D eigenvalue weighted by Gasteiger charge is -2.33. The summed E-state index contributed by atoms with van der Waals surface area (Å²) in [6.07, 6.45) is 2.18. The summed E-state index contributed by atoms with van der Waals surface area (Å²) in [6.45, 7) is 2.63. The second kappa shape index (κ2) is 7.12. The molecule has 1 unspecified atom stereocenters. The molecule has 1 heterocycles. The van der Waals surface area contributed by atoms with Crippen LogP contribution in [0, 0.1) is 5.82 Å². The molecule has 6 heteroatoms. The fourth-order valence-corrected chi connectivity index (χ4v) is 3.77. The number of carbonyl (C=O) groups is 2. The summed E-state index contributed by atoms with van der Waals surface area (Å²) in [7, 11) is 0. The van der Waals surface area contributed by atoms with E-state index < -0.39 is 0 Å². The van der Waals surface area contributed by atoms with Crippen LogP contribution in [0.25, 0.3) is 0 Å². The number of fused-ring (bicyclic) bond motifs is 1. The third-order valence-corrected chi connectivity index (χ3v) is 5.39. The normalized spacial score (nSPS) is 18.4. The van der Waals surface area contributed by atoms with E-state index in [4.69, 9.17) is 0 Å². The van der Waals surface area contributed by atoms with Crippen LogP contribution in [0.4, 0.5) is 15.8 Å². The number of quaternary nitrogens is 1. The molecule has 2 aromatic rings. The van der Waals surface area contributed by atoms with Crippen LogP contribution in [0.3, 0.4) is 0 Å². The summed E-state index contributed by atoms with van der Waals surface area (Å²) in [5, 5.41) is 2.82. The Morgan fingerprint density at radius 1 is 1.22 bits per heavy atom. The van der Waals surface area contributed by atoms with Crippen molar-refractivity contribution in [1.82, 2.24) is 0 Å². The molecule has 27 heavy (non-hydrogen) atoms.